The summed E-state index contributed by atoms with van der Waals surface area (Å²) in [6.07, 6.45) is 0.987. The van der Waals surface area contributed by atoms with E-state index >= 15 is 0 Å². The Bertz CT molecular complexity index is 578. The monoisotopic (exact) mass is 378 g/mol. The maximum absolute atomic E-state index is 12.8. The molecule has 0 bridgehead atoms. The molecule has 2 N–H and O–H groups in total. The quantitative estimate of drug-likeness (QED) is 0.873. The number of nitrogens with two attached hydrogens (primary N) is 1. The smallest absolute Gasteiger partial charge is 0.244 e. The number of hydrogen-bond donors (Lipinski definition) is 1. The molecule has 0 aliphatic carbocycles. The van der Waals surface area contributed by atoms with Crippen molar-refractivity contribution < 1.29 is 8.42 Å². The molecule has 112 valence electrons. The minimum absolute atomic E-state index is 0.321. The molecule has 1 fully saturated rings. The zero-order valence-corrected chi connectivity index (χ0v) is 14.6. The van der Waals surface area contributed by atoms with Crippen LogP contribution in [0.15, 0.2) is 27.6 Å². The third-order valence-electron chi connectivity index (χ3n) is 3.41. The summed E-state index contributed by atoms with van der Waals surface area (Å²) in [6, 6.07) is 5.26. The molecule has 1 aromatic carbocycles. The molecule has 1 atom stereocenters. The Morgan fingerprint density at radius 1 is 1.50 bits per heavy atom. The highest BCUT2D eigenvalue weighted by Crippen LogP contribution is 2.30. The lowest BCUT2D eigenvalue weighted by Crippen LogP contribution is -2.41. The first kappa shape index (κ1) is 16.3. The van der Waals surface area contributed by atoms with Crippen LogP contribution in [0.3, 0.4) is 0 Å². The van der Waals surface area contributed by atoms with E-state index in [0.717, 1.165) is 17.7 Å². The van der Waals surface area contributed by atoms with Crippen molar-refractivity contribution in [1.29, 1.82) is 0 Å². The minimum atomic E-state index is -3.45. The molecule has 4 nitrogen and oxygen atoms in total. The summed E-state index contributed by atoms with van der Waals surface area (Å²) in [5, 5.41) is 0.384. The predicted octanol–water partition coefficient (Wildman–Crippen LogP) is 2.42. The van der Waals surface area contributed by atoms with Gasteiger partial charge in [-0.15, -0.1) is 0 Å². The Labute approximate surface area is 133 Å². The van der Waals surface area contributed by atoms with Crippen LogP contribution in [0.25, 0.3) is 0 Å². The molecule has 1 unspecified atom stereocenters. The summed E-state index contributed by atoms with van der Waals surface area (Å²) in [5.41, 5.74) is 6.43. The van der Waals surface area contributed by atoms with Crippen molar-refractivity contribution in [3.63, 3.8) is 0 Å². The first-order valence-electron chi connectivity index (χ1n) is 6.59. The van der Waals surface area contributed by atoms with Gasteiger partial charge in [0.2, 0.25) is 10.0 Å². The summed E-state index contributed by atoms with van der Waals surface area (Å²) in [5.74, 6) is 0.853. The summed E-state index contributed by atoms with van der Waals surface area (Å²) < 4.78 is 27.8. The van der Waals surface area contributed by atoms with Gasteiger partial charge in [-0.05, 0) is 40.0 Å². The standard InChI is InChI=1S/C13H19BrN2O2S2/c1-2-11-9-16(5-6-19-11)20(17,18)13-7-10(8-15)3-4-12(13)14/h3-4,7,11H,2,5-6,8-9,15H2,1H3. The van der Waals surface area contributed by atoms with Crippen LogP contribution in [0.5, 0.6) is 0 Å². The third-order valence-corrected chi connectivity index (χ3v) is 7.64. The molecule has 1 aliphatic heterocycles. The van der Waals surface area contributed by atoms with Crippen LogP contribution in [-0.4, -0.2) is 36.8 Å². The molecule has 0 saturated carbocycles. The molecular weight excluding hydrogens is 360 g/mol. The number of nitrogens with zero attached hydrogens (tertiary/aromatic N) is 1. The van der Waals surface area contributed by atoms with Crippen molar-refractivity contribution >= 4 is 37.7 Å². The van der Waals surface area contributed by atoms with E-state index in [9.17, 15) is 8.42 Å². The molecule has 0 radical (unpaired) electrons. The van der Waals surface area contributed by atoms with Crippen molar-refractivity contribution in [3.8, 4) is 0 Å². The normalized spacial score (nSPS) is 21.1. The number of rotatable bonds is 4. The van der Waals surface area contributed by atoms with Crippen molar-refractivity contribution in [2.45, 2.75) is 30.0 Å². The molecule has 1 aliphatic rings. The first-order chi connectivity index (χ1) is 9.48. The van der Waals surface area contributed by atoms with Crippen molar-refractivity contribution in [2.24, 2.45) is 5.73 Å². The van der Waals surface area contributed by atoms with Crippen LogP contribution < -0.4 is 5.73 Å². The van der Waals surface area contributed by atoms with Gasteiger partial charge in [0.1, 0.15) is 0 Å². The molecule has 1 saturated heterocycles. The van der Waals surface area contributed by atoms with Crippen molar-refractivity contribution in [3.05, 3.63) is 28.2 Å². The lowest BCUT2D eigenvalue weighted by Gasteiger charge is -2.31. The average Bonchev–Trinajstić information content (AvgIpc) is 2.47. The van der Waals surface area contributed by atoms with Gasteiger partial charge >= 0.3 is 0 Å². The Morgan fingerprint density at radius 3 is 2.90 bits per heavy atom. The fourth-order valence-electron chi connectivity index (χ4n) is 2.17. The number of hydrogen-bond acceptors (Lipinski definition) is 4. The van der Waals surface area contributed by atoms with Crippen LogP contribution in [0.4, 0.5) is 0 Å². The molecule has 1 heterocycles. The van der Waals surface area contributed by atoms with Crippen LogP contribution in [-0.2, 0) is 16.6 Å². The van der Waals surface area contributed by atoms with E-state index in [4.69, 9.17) is 5.73 Å². The van der Waals surface area contributed by atoms with Gasteiger partial charge < -0.3 is 5.73 Å². The van der Waals surface area contributed by atoms with Crippen LogP contribution >= 0.6 is 27.7 Å². The second-order valence-corrected chi connectivity index (χ2v) is 8.90. The van der Waals surface area contributed by atoms with Gasteiger partial charge in [-0.3, -0.25) is 0 Å². The molecule has 20 heavy (non-hydrogen) atoms. The fourth-order valence-corrected chi connectivity index (χ4v) is 6.02. The third kappa shape index (κ3) is 3.39. The first-order valence-corrected chi connectivity index (χ1v) is 9.87. The molecule has 7 heteroatoms. The van der Waals surface area contributed by atoms with Gasteiger partial charge in [-0.2, -0.15) is 16.1 Å². The van der Waals surface area contributed by atoms with Gasteiger partial charge in [-0.1, -0.05) is 13.0 Å². The predicted molar refractivity (Wildman–Crippen MR) is 87.3 cm³/mol. The maximum atomic E-state index is 12.8. The molecule has 0 amide bonds. The summed E-state index contributed by atoms with van der Waals surface area (Å²) in [6.45, 7) is 3.59. The van der Waals surface area contributed by atoms with E-state index in [-0.39, 0.29) is 0 Å². The SMILES string of the molecule is CCC1CN(S(=O)(=O)c2cc(CN)ccc2Br)CCS1. The Hall–Kier alpha value is -0.0800. The average molecular weight is 379 g/mol. The number of benzene rings is 1. The Morgan fingerprint density at radius 2 is 2.25 bits per heavy atom. The van der Waals surface area contributed by atoms with E-state index in [1.807, 2.05) is 17.8 Å². The number of thioether (sulfide) groups is 1. The van der Waals surface area contributed by atoms with Crippen LogP contribution in [0.2, 0.25) is 0 Å². The largest absolute Gasteiger partial charge is 0.326 e. The Kier molecular flexibility index (Phi) is 5.53. The zero-order chi connectivity index (χ0) is 14.8. The number of sulfonamides is 1. The lowest BCUT2D eigenvalue weighted by atomic mass is 10.2. The van der Waals surface area contributed by atoms with E-state index in [0.29, 0.717) is 34.3 Å². The summed E-state index contributed by atoms with van der Waals surface area (Å²) >= 11 is 5.19. The maximum Gasteiger partial charge on any atom is 0.244 e. The van der Waals surface area contributed by atoms with Gasteiger partial charge in [0.05, 0.1) is 4.90 Å². The van der Waals surface area contributed by atoms with Crippen LogP contribution in [0.1, 0.15) is 18.9 Å². The summed E-state index contributed by atoms with van der Waals surface area (Å²) in [4.78, 5) is 0.321. The topological polar surface area (TPSA) is 63.4 Å². The minimum Gasteiger partial charge on any atom is -0.326 e. The van der Waals surface area contributed by atoms with E-state index < -0.39 is 10.0 Å². The van der Waals surface area contributed by atoms with Gasteiger partial charge in [0.15, 0.2) is 0 Å². The second kappa shape index (κ2) is 6.79. The fraction of sp³-hybridized carbons (Fsp3) is 0.538. The molecule has 0 spiro atoms. The van der Waals surface area contributed by atoms with E-state index in [2.05, 4.69) is 22.9 Å². The Balaban J connectivity index is 2.34. The molecule has 0 aromatic heterocycles. The molecule has 2 rings (SSSR count). The van der Waals surface area contributed by atoms with Crippen molar-refractivity contribution in [1.82, 2.24) is 4.31 Å². The van der Waals surface area contributed by atoms with Gasteiger partial charge in [0, 0.05) is 35.1 Å². The second-order valence-electron chi connectivity index (χ2n) is 4.73. The highest BCUT2D eigenvalue weighted by Gasteiger charge is 2.31. The van der Waals surface area contributed by atoms with Gasteiger partial charge in [-0.25, -0.2) is 8.42 Å². The highest BCUT2D eigenvalue weighted by molar-refractivity contribution is 9.10. The highest BCUT2D eigenvalue weighted by atomic mass is 79.9. The van der Waals surface area contributed by atoms with Crippen molar-refractivity contribution in [2.75, 3.05) is 18.8 Å². The molecule has 1 aromatic rings. The zero-order valence-electron chi connectivity index (χ0n) is 11.4. The lowest BCUT2D eigenvalue weighted by molar-refractivity contribution is 0.415. The number of halogens is 1. The van der Waals surface area contributed by atoms with E-state index in [1.165, 1.54) is 0 Å². The summed E-state index contributed by atoms with van der Waals surface area (Å²) in [7, 11) is -3.45. The van der Waals surface area contributed by atoms with Crippen LogP contribution in [0, 0.1) is 0 Å². The van der Waals surface area contributed by atoms with Gasteiger partial charge in [0.25, 0.3) is 0 Å². The molecular formula is C13H19BrN2O2S2. The van der Waals surface area contributed by atoms with E-state index in [1.54, 1.807) is 16.4 Å².